The molecule has 0 bridgehead atoms. The molecule has 1 aliphatic carbocycles. The molecule has 1 unspecified atom stereocenters. The minimum Gasteiger partial charge on any atom is -0.442 e. The van der Waals surface area contributed by atoms with Gasteiger partial charge in [-0.3, -0.25) is 19.3 Å². The van der Waals surface area contributed by atoms with E-state index in [4.69, 9.17) is 9.47 Å². The Kier molecular flexibility index (Phi) is 6.08. The van der Waals surface area contributed by atoms with Crippen molar-refractivity contribution in [1.29, 1.82) is 0 Å². The van der Waals surface area contributed by atoms with E-state index in [1.807, 2.05) is 6.07 Å². The van der Waals surface area contributed by atoms with Crippen LogP contribution in [0.25, 0.3) is 0 Å². The number of hydrogen-bond acceptors (Lipinski definition) is 6. The Morgan fingerprint density at radius 3 is 2.82 bits per heavy atom. The Bertz CT molecular complexity index is 806. The molecule has 0 radical (unpaired) electrons. The lowest BCUT2D eigenvalue weighted by Gasteiger charge is -2.16. The van der Waals surface area contributed by atoms with Gasteiger partial charge in [0, 0.05) is 25.3 Å². The first-order valence-electron chi connectivity index (χ1n) is 9.32. The predicted molar refractivity (Wildman–Crippen MR) is 100 cm³/mol. The van der Waals surface area contributed by atoms with Crippen LogP contribution in [0.4, 0.5) is 10.5 Å². The highest BCUT2D eigenvalue weighted by molar-refractivity contribution is 6.12. The molecule has 0 spiro atoms. The second-order valence-electron chi connectivity index (χ2n) is 7.10. The summed E-state index contributed by atoms with van der Waals surface area (Å²) in [6.45, 7) is 1.91. The zero-order chi connectivity index (χ0) is 20.3. The third-order valence-electron chi connectivity index (χ3n) is 5.05. The number of rotatable bonds is 6. The van der Waals surface area contributed by atoms with Crippen LogP contribution in [0.5, 0.6) is 0 Å². The summed E-state index contributed by atoms with van der Waals surface area (Å²) >= 11 is 0. The van der Waals surface area contributed by atoms with Crippen LogP contribution in [0, 0.1) is 5.92 Å². The second kappa shape index (κ2) is 8.52. The van der Waals surface area contributed by atoms with Gasteiger partial charge in [0.1, 0.15) is 12.7 Å². The molecule has 2 amide bonds. The third kappa shape index (κ3) is 4.22. The van der Waals surface area contributed by atoms with E-state index in [0.717, 1.165) is 5.56 Å². The number of carbonyl (C=O) groups is 4. The molecule has 1 N–H and O–H groups in total. The van der Waals surface area contributed by atoms with Crippen LogP contribution in [0.15, 0.2) is 18.2 Å². The van der Waals surface area contributed by atoms with Crippen LogP contribution in [-0.4, -0.2) is 56.5 Å². The highest BCUT2D eigenvalue weighted by Crippen LogP contribution is 2.30. The van der Waals surface area contributed by atoms with E-state index >= 15 is 0 Å². The maximum Gasteiger partial charge on any atom is 0.414 e. The molecule has 8 heteroatoms. The number of ether oxygens (including phenoxy) is 2. The molecule has 1 saturated heterocycles. The smallest absolute Gasteiger partial charge is 0.414 e. The SMILES string of the molecule is COCC(=O)C1CCCc2cc(N3C[C@H](CNC(C)=O)OC3=O)ccc2C1=O. The largest absolute Gasteiger partial charge is 0.442 e. The van der Waals surface area contributed by atoms with Crippen molar-refractivity contribution in [3.63, 3.8) is 0 Å². The van der Waals surface area contributed by atoms with Crippen molar-refractivity contribution in [2.75, 3.05) is 31.7 Å². The van der Waals surface area contributed by atoms with Crippen LogP contribution in [0.1, 0.15) is 35.7 Å². The Morgan fingerprint density at radius 2 is 2.11 bits per heavy atom. The lowest BCUT2D eigenvalue weighted by atomic mass is 9.91. The molecular weight excluding hydrogens is 364 g/mol. The molecule has 0 saturated carbocycles. The third-order valence-corrected chi connectivity index (χ3v) is 5.05. The maximum atomic E-state index is 12.8. The van der Waals surface area contributed by atoms with Crippen molar-refractivity contribution in [3.8, 4) is 0 Å². The highest BCUT2D eigenvalue weighted by Gasteiger charge is 2.34. The van der Waals surface area contributed by atoms with Gasteiger partial charge in [0.05, 0.1) is 19.0 Å². The van der Waals surface area contributed by atoms with E-state index in [-0.39, 0.29) is 30.6 Å². The number of Topliss-reactive ketones (excluding diaryl/α,β-unsaturated/α-hetero) is 2. The number of carbonyl (C=O) groups excluding carboxylic acids is 4. The molecule has 2 atom stereocenters. The maximum absolute atomic E-state index is 12.8. The number of ketones is 2. The fraction of sp³-hybridized carbons (Fsp3) is 0.500. The van der Waals surface area contributed by atoms with Crippen molar-refractivity contribution >= 4 is 29.3 Å². The van der Waals surface area contributed by atoms with Crippen molar-refractivity contribution in [2.45, 2.75) is 32.3 Å². The number of anilines is 1. The van der Waals surface area contributed by atoms with E-state index in [1.54, 1.807) is 12.1 Å². The molecule has 2 aliphatic rings. The molecular formula is C20H24N2O6. The number of methoxy groups -OCH3 is 1. The summed E-state index contributed by atoms with van der Waals surface area (Å²) in [5.41, 5.74) is 2.00. The Morgan fingerprint density at radius 1 is 1.32 bits per heavy atom. The number of nitrogens with one attached hydrogen (secondary N) is 1. The van der Waals surface area contributed by atoms with Gasteiger partial charge < -0.3 is 14.8 Å². The van der Waals surface area contributed by atoms with Crippen molar-refractivity contribution in [3.05, 3.63) is 29.3 Å². The molecule has 3 rings (SSSR count). The van der Waals surface area contributed by atoms with E-state index in [0.29, 0.717) is 37.1 Å². The molecule has 1 aromatic carbocycles. The summed E-state index contributed by atoms with van der Waals surface area (Å²) in [4.78, 5) is 49.8. The summed E-state index contributed by atoms with van der Waals surface area (Å²) in [6, 6.07) is 5.19. The average molecular weight is 388 g/mol. The molecule has 150 valence electrons. The molecule has 0 aromatic heterocycles. The number of hydrogen-bond donors (Lipinski definition) is 1. The summed E-state index contributed by atoms with van der Waals surface area (Å²) in [7, 11) is 1.44. The zero-order valence-corrected chi connectivity index (χ0v) is 16.0. The number of benzene rings is 1. The highest BCUT2D eigenvalue weighted by atomic mass is 16.6. The normalized spacial score (nSPS) is 21.7. The van der Waals surface area contributed by atoms with Gasteiger partial charge in [-0.15, -0.1) is 0 Å². The molecule has 28 heavy (non-hydrogen) atoms. The monoisotopic (exact) mass is 388 g/mol. The van der Waals surface area contributed by atoms with Gasteiger partial charge in [-0.25, -0.2) is 4.79 Å². The molecule has 1 aliphatic heterocycles. The Labute approximate surface area is 163 Å². The van der Waals surface area contributed by atoms with E-state index in [9.17, 15) is 19.2 Å². The number of amides is 2. The fourth-order valence-electron chi connectivity index (χ4n) is 3.66. The lowest BCUT2D eigenvalue weighted by molar-refractivity contribution is -0.125. The summed E-state index contributed by atoms with van der Waals surface area (Å²) < 4.78 is 10.2. The minimum atomic E-state index is -0.675. The molecule has 8 nitrogen and oxygen atoms in total. The van der Waals surface area contributed by atoms with Crippen LogP contribution < -0.4 is 10.2 Å². The van der Waals surface area contributed by atoms with Crippen molar-refractivity contribution < 1.29 is 28.7 Å². The van der Waals surface area contributed by atoms with Crippen LogP contribution in [0.3, 0.4) is 0 Å². The van der Waals surface area contributed by atoms with Crippen LogP contribution >= 0.6 is 0 Å². The molecule has 1 aromatic rings. The first-order chi connectivity index (χ1) is 13.4. The summed E-state index contributed by atoms with van der Waals surface area (Å²) in [6.07, 6.45) is 0.952. The van der Waals surface area contributed by atoms with Gasteiger partial charge in [-0.2, -0.15) is 0 Å². The van der Waals surface area contributed by atoms with E-state index in [2.05, 4.69) is 5.32 Å². The minimum absolute atomic E-state index is 0.0703. The van der Waals surface area contributed by atoms with Gasteiger partial charge >= 0.3 is 6.09 Å². The first-order valence-corrected chi connectivity index (χ1v) is 9.32. The number of nitrogens with zero attached hydrogens (tertiary/aromatic N) is 1. The van der Waals surface area contributed by atoms with Crippen molar-refractivity contribution in [1.82, 2.24) is 5.32 Å². The topological polar surface area (TPSA) is 102 Å². The quantitative estimate of drug-likeness (QED) is 0.585. The van der Waals surface area contributed by atoms with E-state index in [1.165, 1.54) is 18.9 Å². The zero-order valence-electron chi connectivity index (χ0n) is 16.0. The first kappa shape index (κ1) is 20.0. The Balaban J connectivity index is 1.78. The standard InChI is InChI=1S/C20H24N2O6/c1-12(23)21-9-15-10-22(20(26)28-15)14-6-7-16-13(8-14)4-3-5-17(19(16)25)18(24)11-27-2/h6-8,15,17H,3-5,9-11H2,1-2H3,(H,21,23)/t15-,17?/m0/s1. The fourth-order valence-corrected chi connectivity index (χ4v) is 3.66. The predicted octanol–water partition coefficient (Wildman–Crippen LogP) is 1.50. The second-order valence-corrected chi connectivity index (χ2v) is 7.10. The van der Waals surface area contributed by atoms with Crippen LogP contribution in [0.2, 0.25) is 0 Å². The van der Waals surface area contributed by atoms with Crippen molar-refractivity contribution in [2.24, 2.45) is 5.92 Å². The summed E-state index contributed by atoms with van der Waals surface area (Å²) in [5.74, 6) is -1.25. The Hall–Kier alpha value is -2.74. The van der Waals surface area contributed by atoms with Gasteiger partial charge in [0.2, 0.25) is 5.91 Å². The molecule has 1 heterocycles. The van der Waals surface area contributed by atoms with Gasteiger partial charge in [0.25, 0.3) is 0 Å². The van der Waals surface area contributed by atoms with Gasteiger partial charge in [-0.1, -0.05) is 0 Å². The van der Waals surface area contributed by atoms with Gasteiger partial charge in [-0.05, 0) is 43.0 Å². The molecule has 1 fully saturated rings. The van der Waals surface area contributed by atoms with Crippen LogP contribution in [-0.2, 0) is 25.5 Å². The summed E-state index contributed by atoms with van der Waals surface area (Å²) in [5, 5.41) is 2.64. The average Bonchev–Trinajstić information content (AvgIpc) is 2.95. The number of aryl methyl sites for hydroxylation is 1. The number of cyclic esters (lactones) is 1. The van der Waals surface area contributed by atoms with E-state index < -0.39 is 18.1 Å². The lowest BCUT2D eigenvalue weighted by Crippen LogP contribution is -2.33. The van der Waals surface area contributed by atoms with Gasteiger partial charge in [0.15, 0.2) is 11.6 Å². The number of fused-ring (bicyclic) bond motifs is 1.